The van der Waals surface area contributed by atoms with Gasteiger partial charge in [-0.1, -0.05) is 30.3 Å². The molecule has 0 aromatic heterocycles. The van der Waals surface area contributed by atoms with E-state index in [4.69, 9.17) is 4.74 Å². The van der Waals surface area contributed by atoms with Crippen LogP contribution in [0.15, 0.2) is 71.6 Å². The number of anilines is 2. The van der Waals surface area contributed by atoms with Gasteiger partial charge in [-0.25, -0.2) is 8.42 Å². The summed E-state index contributed by atoms with van der Waals surface area (Å²) in [4.78, 5) is 13.0. The van der Waals surface area contributed by atoms with Crippen molar-refractivity contribution < 1.29 is 17.9 Å². The maximum absolute atomic E-state index is 12.8. The van der Waals surface area contributed by atoms with Crippen LogP contribution in [0.4, 0.5) is 11.4 Å². The summed E-state index contributed by atoms with van der Waals surface area (Å²) in [5.74, 6) is 0.255. The first-order valence-corrected chi connectivity index (χ1v) is 10.0. The first kappa shape index (κ1) is 18.1. The average molecular weight is 394 g/mol. The Labute approximate surface area is 163 Å². The lowest BCUT2D eigenvalue weighted by atomic mass is 10.00. The molecule has 1 N–H and O–H groups in total. The number of ether oxygens (including phenoxy) is 1. The van der Waals surface area contributed by atoms with Crippen LogP contribution in [0.2, 0.25) is 0 Å². The minimum absolute atomic E-state index is 0.229. The first-order valence-electron chi connectivity index (χ1n) is 8.60. The topological polar surface area (TPSA) is 75.7 Å². The summed E-state index contributed by atoms with van der Waals surface area (Å²) in [6, 6.07) is 18.9. The molecule has 0 bridgehead atoms. The van der Waals surface area contributed by atoms with Crippen molar-refractivity contribution in [2.45, 2.75) is 4.90 Å². The molecule has 1 amide bonds. The molecule has 0 spiro atoms. The van der Waals surface area contributed by atoms with Crippen molar-refractivity contribution in [1.29, 1.82) is 0 Å². The molecule has 0 radical (unpaired) electrons. The third-order valence-corrected chi connectivity index (χ3v) is 6.60. The standard InChI is InChI=1S/C21H18N2O4S/c1-23-18-12-11-14(21(24)22-17-8-4-5-9-19(17)27-2)13-16(18)15-7-3-6-10-20(15)28(23,25)26/h3-13H,1-2H3,(H,22,24). The number of nitrogens with zero attached hydrogens (tertiary/aromatic N) is 1. The Morgan fingerprint density at radius 3 is 2.46 bits per heavy atom. The molecule has 7 heteroatoms. The normalized spacial score (nSPS) is 14.0. The molecule has 0 unspecified atom stereocenters. The highest BCUT2D eigenvalue weighted by Crippen LogP contribution is 2.42. The Morgan fingerprint density at radius 2 is 1.68 bits per heavy atom. The van der Waals surface area contributed by atoms with Gasteiger partial charge in [-0.15, -0.1) is 0 Å². The van der Waals surface area contributed by atoms with E-state index in [0.717, 1.165) is 0 Å². The van der Waals surface area contributed by atoms with Crippen LogP contribution in [0.5, 0.6) is 5.75 Å². The number of carbonyl (C=O) groups excluding carboxylic acids is 1. The smallest absolute Gasteiger partial charge is 0.264 e. The molecule has 0 saturated carbocycles. The molecule has 1 aliphatic heterocycles. The number of carbonyl (C=O) groups is 1. The summed E-state index contributed by atoms with van der Waals surface area (Å²) in [5.41, 5.74) is 2.80. The van der Waals surface area contributed by atoms with Crippen LogP contribution in [0.1, 0.15) is 10.4 Å². The van der Waals surface area contributed by atoms with Crippen molar-refractivity contribution in [3.8, 4) is 16.9 Å². The Bertz CT molecular complexity index is 1190. The van der Waals surface area contributed by atoms with E-state index >= 15 is 0 Å². The van der Waals surface area contributed by atoms with Crippen molar-refractivity contribution in [1.82, 2.24) is 0 Å². The predicted molar refractivity (Wildman–Crippen MR) is 108 cm³/mol. The first-order chi connectivity index (χ1) is 13.4. The molecule has 0 saturated heterocycles. The SMILES string of the molecule is COc1ccccc1NC(=O)c1ccc2c(c1)-c1ccccc1S(=O)(=O)N2C. The van der Waals surface area contributed by atoms with Gasteiger partial charge in [0.2, 0.25) is 0 Å². The summed E-state index contributed by atoms with van der Waals surface area (Å²) in [6.45, 7) is 0. The molecule has 3 aromatic rings. The summed E-state index contributed by atoms with van der Waals surface area (Å²) >= 11 is 0. The van der Waals surface area contributed by atoms with Crippen molar-refractivity contribution in [2.75, 3.05) is 23.8 Å². The molecular weight excluding hydrogens is 376 g/mol. The number of benzene rings is 3. The fourth-order valence-corrected chi connectivity index (χ4v) is 4.72. The second-order valence-corrected chi connectivity index (χ2v) is 8.29. The molecule has 3 aromatic carbocycles. The van der Waals surface area contributed by atoms with Gasteiger partial charge in [0.15, 0.2) is 0 Å². The third-order valence-electron chi connectivity index (χ3n) is 4.77. The summed E-state index contributed by atoms with van der Waals surface area (Å²) in [6.07, 6.45) is 0. The number of nitrogens with one attached hydrogen (secondary N) is 1. The molecule has 28 heavy (non-hydrogen) atoms. The number of methoxy groups -OCH3 is 1. The number of para-hydroxylation sites is 2. The molecule has 1 heterocycles. The molecular formula is C21H18N2O4S. The number of amides is 1. The van der Waals surface area contributed by atoms with Crippen molar-refractivity contribution in [3.63, 3.8) is 0 Å². The highest BCUT2D eigenvalue weighted by atomic mass is 32.2. The van der Waals surface area contributed by atoms with Crippen molar-refractivity contribution in [3.05, 3.63) is 72.3 Å². The number of hydrogen-bond donors (Lipinski definition) is 1. The Morgan fingerprint density at radius 1 is 0.964 bits per heavy atom. The molecule has 6 nitrogen and oxygen atoms in total. The Hall–Kier alpha value is -3.32. The Balaban J connectivity index is 1.77. The lowest BCUT2D eigenvalue weighted by molar-refractivity contribution is 0.102. The lowest BCUT2D eigenvalue weighted by Gasteiger charge is -2.29. The van der Waals surface area contributed by atoms with E-state index in [-0.39, 0.29) is 10.8 Å². The van der Waals surface area contributed by atoms with E-state index in [1.54, 1.807) is 60.7 Å². The van der Waals surface area contributed by atoms with Gasteiger partial charge in [0, 0.05) is 23.7 Å². The minimum Gasteiger partial charge on any atom is -0.495 e. The minimum atomic E-state index is -3.61. The monoisotopic (exact) mass is 394 g/mol. The van der Waals surface area contributed by atoms with E-state index < -0.39 is 10.0 Å². The summed E-state index contributed by atoms with van der Waals surface area (Å²) in [7, 11) is -0.557. The fraction of sp³-hybridized carbons (Fsp3) is 0.0952. The van der Waals surface area contributed by atoms with Gasteiger partial charge in [-0.05, 0) is 36.4 Å². The van der Waals surface area contributed by atoms with Crippen LogP contribution in [0, 0.1) is 0 Å². The van der Waals surface area contributed by atoms with Gasteiger partial charge >= 0.3 is 0 Å². The zero-order valence-electron chi connectivity index (χ0n) is 15.3. The van der Waals surface area contributed by atoms with E-state index in [1.165, 1.54) is 18.5 Å². The van der Waals surface area contributed by atoms with Gasteiger partial charge in [0.05, 0.1) is 23.4 Å². The number of rotatable bonds is 3. The fourth-order valence-electron chi connectivity index (χ4n) is 3.30. The molecule has 0 fully saturated rings. The van der Waals surface area contributed by atoms with Gasteiger partial charge in [0.25, 0.3) is 15.9 Å². The number of hydrogen-bond acceptors (Lipinski definition) is 4. The van der Waals surface area contributed by atoms with Crippen LogP contribution in [0.3, 0.4) is 0 Å². The average Bonchev–Trinajstić information content (AvgIpc) is 2.72. The van der Waals surface area contributed by atoms with E-state index in [2.05, 4.69) is 5.32 Å². The summed E-state index contributed by atoms with van der Waals surface area (Å²) < 4.78 is 32.0. The zero-order valence-corrected chi connectivity index (χ0v) is 16.2. The Kier molecular flexibility index (Phi) is 4.31. The lowest BCUT2D eigenvalue weighted by Crippen LogP contribution is -2.30. The number of fused-ring (bicyclic) bond motifs is 3. The van der Waals surface area contributed by atoms with E-state index in [1.807, 2.05) is 6.07 Å². The highest BCUT2D eigenvalue weighted by Gasteiger charge is 2.32. The zero-order chi connectivity index (χ0) is 19.9. The molecule has 4 rings (SSSR count). The number of sulfonamides is 1. The van der Waals surface area contributed by atoms with Crippen molar-refractivity contribution >= 4 is 27.3 Å². The van der Waals surface area contributed by atoms with Crippen LogP contribution >= 0.6 is 0 Å². The highest BCUT2D eigenvalue weighted by molar-refractivity contribution is 7.93. The molecule has 0 atom stereocenters. The molecule has 142 valence electrons. The van der Waals surface area contributed by atoms with Gasteiger partial charge in [0.1, 0.15) is 5.75 Å². The van der Waals surface area contributed by atoms with Gasteiger partial charge in [-0.3, -0.25) is 9.10 Å². The summed E-state index contributed by atoms with van der Waals surface area (Å²) in [5, 5.41) is 2.84. The molecule has 1 aliphatic rings. The van der Waals surface area contributed by atoms with Crippen molar-refractivity contribution in [2.24, 2.45) is 0 Å². The maximum atomic E-state index is 12.8. The van der Waals surface area contributed by atoms with Crippen LogP contribution in [-0.4, -0.2) is 28.5 Å². The second-order valence-electron chi connectivity index (χ2n) is 6.36. The van der Waals surface area contributed by atoms with E-state index in [9.17, 15) is 13.2 Å². The van der Waals surface area contributed by atoms with Crippen LogP contribution in [0.25, 0.3) is 11.1 Å². The van der Waals surface area contributed by atoms with Gasteiger partial charge in [-0.2, -0.15) is 0 Å². The maximum Gasteiger partial charge on any atom is 0.264 e. The molecule has 0 aliphatic carbocycles. The van der Waals surface area contributed by atoms with E-state index in [0.29, 0.717) is 33.8 Å². The quantitative estimate of drug-likeness (QED) is 0.734. The predicted octanol–water partition coefficient (Wildman–Crippen LogP) is 3.75. The largest absolute Gasteiger partial charge is 0.495 e. The van der Waals surface area contributed by atoms with Crippen LogP contribution < -0.4 is 14.4 Å². The second kappa shape index (κ2) is 6.69. The van der Waals surface area contributed by atoms with Gasteiger partial charge < -0.3 is 10.1 Å². The third kappa shape index (κ3) is 2.80. The van der Waals surface area contributed by atoms with Crippen LogP contribution in [-0.2, 0) is 10.0 Å².